The number of benzene rings is 9. The molecule has 9 aromatic rings. The van der Waals surface area contributed by atoms with Crippen molar-refractivity contribution in [1.29, 1.82) is 0 Å². The average Bonchev–Trinajstić information content (AvgIpc) is 3.13. The van der Waals surface area contributed by atoms with E-state index in [1.807, 2.05) is 0 Å². The van der Waals surface area contributed by atoms with Gasteiger partial charge in [0.25, 0.3) is 0 Å². The van der Waals surface area contributed by atoms with E-state index in [1.54, 1.807) is 0 Å². The van der Waals surface area contributed by atoms with E-state index in [1.165, 1.54) is 93.2 Å². The Morgan fingerprint density at radius 2 is 0.787 bits per heavy atom. The van der Waals surface area contributed by atoms with E-state index in [-0.39, 0.29) is 0 Å². The van der Waals surface area contributed by atoms with E-state index in [0.29, 0.717) is 0 Å². The molecule has 9 rings (SSSR count). The van der Waals surface area contributed by atoms with E-state index in [4.69, 9.17) is 0 Å². The minimum atomic E-state index is 1.22. The second-order valence-electron chi connectivity index (χ2n) is 12.6. The third-order valence-corrected chi connectivity index (χ3v) is 9.67. The molecule has 0 spiro atoms. The fourth-order valence-corrected chi connectivity index (χ4v) is 7.54. The van der Waals surface area contributed by atoms with Crippen molar-refractivity contribution in [3.8, 4) is 44.5 Å². The van der Waals surface area contributed by atoms with Crippen LogP contribution >= 0.6 is 0 Å². The molecular weight excluding hydrogens is 565 g/mol. The Hall–Kier alpha value is -5.98. The summed E-state index contributed by atoms with van der Waals surface area (Å²) in [4.78, 5) is 0. The summed E-state index contributed by atoms with van der Waals surface area (Å²) in [5, 5.41) is 10.1. The Balaban J connectivity index is 1.30. The summed E-state index contributed by atoms with van der Waals surface area (Å²) in [6.45, 7) is 2.16. The maximum atomic E-state index is 2.39. The minimum absolute atomic E-state index is 1.22. The second-order valence-corrected chi connectivity index (χ2v) is 12.6. The van der Waals surface area contributed by atoms with Crippen LogP contribution in [0.2, 0.25) is 0 Å². The van der Waals surface area contributed by atoms with Gasteiger partial charge in [0, 0.05) is 0 Å². The van der Waals surface area contributed by atoms with Crippen LogP contribution in [0.4, 0.5) is 0 Å². The molecule has 0 heteroatoms. The molecule has 220 valence electrons. The summed E-state index contributed by atoms with van der Waals surface area (Å²) in [6, 6.07) is 64.7. The summed E-state index contributed by atoms with van der Waals surface area (Å²) in [6.07, 6.45) is 0. The molecule has 47 heavy (non-hydrogen) atoms. The zero-order chi connectivity index (χ0) is 31.3. The third kappa shape index (κ3) is 4.61. The highest BCUT2D eigenvalue weighted by Gasteiger charge is 2.18. The van der Waals surface area contributed by atoms with E-state index in [2.05, 4.69) is 183 Å². The number of fused-ring (bicyclic) bond motifs is 4. The Morgan fingerprint density at radius 1 is 0.277 bits per heavy atom. The molecule has 0 radical (unpaired) electrons. The van der Waals surface area contributed by atoms with Crippen molar-refractivity contribution in [2.24, 2.45) is 0 Å². The van der Waals surface area contributed by atoms with Crippen LogP contribution in [-0.2, 0) is 0 Å². The van der Waals surface area contributed by atoms with Gasteiger partial charge in [0.15, 0.2) is 0 Å². The van der Waals surface area contributed by atoms with E-state index < -0.39 is 0 Å². The van der Waals surface area contributed by atoms with Crippen LogP contribution in [-0.4, -0.2) is 0 Å². The van der Waals surface area contributed by atoms with Crippen LogP contribution in [0.25, 0.3) is 87.6 Å². The predicted molar refractivity (Wildman–Crippen MR) is 203 cm³/mol. The van der Waals surface area contributed by atoms with E-state index >= 15 is 0 Å². The van der Waals surface area contributed by atoms with Gasteiger partial charge in [-0.2, -0.15) is 0 Å². The zero-order valence-corrected chi connectivity index (χ0v) is 26.2. The number of aryl methyl sites for hydroxylation is 1. The standard InChI is InChI=1S/C47H32/c1-31-22-23-35-29-38(25-24-34(35)28-31)47-43-20-9-7-18-41(43)46(42-19-8-10-21-44(42)47)37-16-11-15-36(30-37)40-27-26-32-12-5-6-17-39(32)45(40)33-13-3-2-4-14-33/h2-30H,1H3. The van der Waals surface area contributed by atoms with Crippen molar-refractivity contribution in [2.45, 2.75) is 6.92 Å². The Bertz CT molecular complexity index is 2570. The van der Waals surface area contributed by atoms with Crippen LogP contribution in [0.1, 0.15) is 5.56 Å². The fourth-order valence-electron chi connectivity index (χ4n) is 7.54. The predicted octanol–water partition coefficient (Wildman–Crippen LogP) is 13.3. The van der Waals surface area contributed by atoms with Crippen molar-refractivity contribution in [3.63, 3.8) is 0 Å². The van der Waals surface area contributed by atoms with Crippen molar-refractivity contribution < 1.29 is 0 Å². The first-order chi connectivity index (χ1) is 23.2. The molecule has 9 aromatic carbocycles. The summed E-state index contributed by atoms with van der Waals surface area (Å²) >= 11 is 0. The van der Waals surface area contributed by atoms with Crippen LogP contribution in [0.3, 0.4) is 0 Å². The highest BCUT2D eigenvalue weighted by molar-refractivity contribution is 6.22. The van der Waals surface area contributed by atoms with Crippen LogP contribution < -0.4 is 0 Å². The molecule has 0 aliphatic carbocycles. The lowest BCUT2D eigenvalue weighted by atomic mass is 9.84. The molecule has 0 unspecified atom stereocenters. The van der Waals surface area contributed by atoms with Gasteiger partial charge in [0.05, 0.1) is 0 Å². The largest absolute Gasteiger partial charge is 0.0622 e. The van der Waals surface area contributed by atoms with E-state index in [0.717, 1.165) is 0 Å². The summed E-state index contributed by atoms with van der Waals surface area (Å²) < 4.78 is 0. The van der Waals surface area contributed by atoms with Gasteiger partial charge in [-0.3, -0.25) is 0 Å². The number of rotatable bonds is 4. The molecule has 0 N–H and O–H groups in total. The quantitative estimate of drug-likeness (QED) is 0.177. The van der Waals surface area contributed by atoms with Gasteiger partial charge in [0.1, 0.15) is 0 Å². The highest BCUT2D eigenvalue weighted by atomic mass is 14.2. The molecule has 0 nitrogen and oxygen atoms in total. The van der Waals surface area contributed by atoms with Crippen molar-refractivity contribution in [3.05, 3.63) is 181 Å². The maximum Gasteiger partial charge on any atom is -0.00262 e. The summed E-state index contributed by atoms with van der Waals surface area (Å²) in [5.74, 6) is 0. The van der Waals surface area contributed by atoms with Gasteiger partial charge in [-0.05, 0) is 107 Å². The summed E-state index contributed by atoms with van der Waals surface area (Å²) in [5.41, 5.74) is 11.3. The second kappa shape index (κ2) is 11.1. The first-order valence-electron chi connectivity index (χ1n) is 16.4. The maximum absolute atomic E-state index is 2.39. The molecule has 0 bridgehead atoms. The molecule has 0 heterocycles. The van der Waals surface area contributed by atoms with Crippen LogP contribution in [0.15, 0.2) is 176 Å². The first-order valence-corrected chi connectivity index (χ1v) is 16.4. The molecule has 0 amide bonds. The van der Waals surface area contributed by atoms with Gasteiger partial charge in [-0.15, -0.1) is 0 Å². The Kier molecular flexibility index (Phi) is 6.47. The molecule has 0 saturated heterocycles. The van der Waals surface area contributed by atoms with Gasteiger partial charge in [-0.1, -0.05) is 169 Å². The highest BCUT2D eigenvalue weighted by Crippen LogP contribution is 2.45. The van der Waals surface area contributed by atoms with Gasteiger partial charge in [-0.25, -0.2) is 0 Å². The lowest BCUT2D eigenvalue weighted by molar-refractivity contribution is 1.51. The van der Waals surface area contributed by atoms with E-state index in [9.17, 15) is 0 Å². The Morgan fingerprint density at radius 3 is 1.49 bits per heavy atom. The lowest BCUT2D eigenvalue weighted by Crippen LogP contribution is -1.92. The molecule has 0 saturated carbocycles. The molecule has 0 fully saturated rings. The first kappa shape index (κ1) is 27.3. The molecule has 0 aromatic heterocycles. The fraction of sp³-hybridized carbons (Fsp3) is 0.0213. The van der Waals surface area contributed by atoms with Gasteiger partial charge in [0.2, 0.25) is 0 Å². The zero-order valence-electron chi connectivity index (χ0n) is 26.2. The van der Waals surface area contributed by atoms with Crippen LogP contribution in [0.5, 0.6) is 0 Å². The van der Waals surface area contributed by atoms with Crippen molar-refractivity contribution >= 4 is 43.1 Å². The average molecular weight is 597 g/mol. The Labute approximate surface area is 275 Å². The molecule has 0 aliphatic heterocycles. The van der Waals surface area contributed by atoms with Gasteiger partial charge < -0.3 is 0 Å². The number of hydrogen-bond acceptors (Lipinski definition) is 0. The van der Waals surface area contributed by atoms with Crippen LogP contribution in [0, 0.1) is 6.92 Å². The topological polar surface area (TPSA) is 0 Å². The third-order valence-electron chi connectivity index (χ3n) is 9.67. The SMILES string of the molecule is Cc1ccc2cc(-c3c4ccccc4c(-c4cccc(-c5ccc6ccccc6c5-c5ccccc5)c4)c4ccccc34)ccc2c1. The summed E-state index contributed by atoms with van der Waals surface area (Å²) in [7, 11) is 0. The molecule has 0 atom stereocenters. The monoisotopic (exact) mass is 596 g/mol. The van der Waals surface area contributed by atoms with Crippen molar-refractivity contribution in [2.75, 3.05) is 0 Å². The molecular formula is C47H32. The molecule has 0 aliphatic rings. The van der Waals surface area contributed by atoms with Crippen molar-refractivity contribution in [1.82, 2.24) is 0 Å². The van der Waals surface area contributed by atoms with Gasteiger partial charge >= 0.3 is 0 Å². The lowest BCUT2D eigenvalue weighted by Gasteiger charge is -2.19. The smallest absolute Gasteiger partial charge is 0.00262 e. The minimum Gasteiger partial charge on any atom is -0.0622 e. The number of hydrogen-bond donors (Lipinski definition) is 0. The normalized spacial score (nSPS) is 11.5.